The molecule has 1 aromatic carbocycles. The standard InChI is InChI=1S/C13H16O3/c1-3-15-11-9-13(2,12(14)16-11)10-7-5-4-6-8-10/h4-8,11H,3,9H2,1-2H3. The van der Waals surface area contributed by atoms with Crippen molar-refractivity contribution >= 4 is 5.97 Å². The van der Waals surface area contributed by atoms with Crippen molar-refractivity contribution in [3.8, 4) is 0 Å². The predicted molar refractivity (Wildman–Crippen MR) is 59.9 cm³/mol. The van der Waals surface area contributed by atoms with Gasteiger partial charge in [-0.3, -0.25) is 4.79 Å². The van der Waals surface area contributed by atoms with E-state index in [-0.39, 0.29) is 5.97 Å². The van der Waals surface area contributed by atoms with E-state index >= 15 is 0 Å². The van der Waals surface area contributed by atoms with E-state index in [4.69, 9.17) is 9.47 Å². The fourth-order valence-electron chi connectivity index (χ4n) is 2.03. The van der Waals surface area contributed by atoms with Gasteiger partial charge in [0.15, 0.2) is 0 Å². The van der Waals surface area contributed by atoms with Crippen LogP contribution in [0.4, 0.5) is 0 Å². The van der Waals surface area contributed by atoms with Gasteiger partial charge in [0.05, 0.1) is 5.41 Å². The molecule has 0 aliphatic carbocycles. The fourth-order valence-corrected chi connectivity index (χ4v) is 2.03. The smallest absolute Gasteiger partial charge is 0.318 e. The molecule has 0 N–H and O–H groups in total. The molecule has 1 aromatic rings. The molecular formula is C13H16O3. The van der Waals surface area contributed by atoms with Crippen molar-refractivity contribution < 1.29 is 14.3 Å². The van der Waals surface area contributed by atoms with Gasteiger partial charge in [-0.1, -0.05) is 30.3 Å². The Morgan fingerprint density at radius 1 is 1.44 bits per heavy atom. The van der Waals surface area contributed by atoms with Crippen molar-refractivity contribution in [2.75, 3.05) is 6.61 Å². The molecule has 1 saturated heterocycles. The summed E-state index contributed by atoms with van der Waals surface area (Å²) in [6.45, 7) is 4.36. The van der Waals surface area contributed by atoms with Crippen LogP contribution in [0.1, 0.15) is 25.8 Å². The zero-order valence-corrected chi connectivity index (χ0v) is 9.60. The molecule has 0 bridgehead atoms. The highest BCUT2D eigenvalue weighted by Crippen LogP contribution is 2.37. The summed E-state index contributed by atoms with van der Waals surface area (Å²) in [5.74, 6) is -0.197. The van der Waals surface area contributed by atoms with Crippen LogP contribution >= 0.6 is 0 Å². The van der Waals surface area contributed by atoms with Gasteiger partial charge in [0.25, 0.3) is 0 Å². The second-order valence-electron chi connectivity index (χ2n) is 4.19. The average molecular weight is 220 g/mol. The van der Waals surface area contributed by atoms with E-state index < -0.39 is 11.7 Å². The first-order valence-corrected chi connectivity index (χ1v) is 5.55. The summed E-state index contributed by atoms with van der Waals surface area (Å²) in [6, 6.07) is 9.71. The van der Waals surface area contributed by atoms with Gasteiger partial charge in [-0.15, -0.1) is 0 Å². The number of rotatable bonds is 3. The summed E-state index contributed by atoms with van der Waals surface area (Å²) in [6.07, 6.45) is 0.187. The van der Waals surface area contributed by atoms with Crippen LogP contribution in [0.2, 0.25) is 0 Å². The first kappa shape index (κ1) is 11.1. The van der Waals surface area contributed by atoms with Crippen molar-refractivity contribution in [1.82, 2.24) is 0 Å². The fraction of sp³-hybridized carbons (Fsp3) is 0.462. The maximum Gasteiger partial charge on any atom is 0.318 e. The Hall–Kier alpha value is -1.35. The molecule has 1 fully saturated rings. The van der Waals surface area contributed by atoms with E-state index in [0.29, 0.717) is 13.0 Å². The zero-order chi connectivity index (χ0) is 11.6. The quantitative estimate of drug-likeness (QED) is 0.733. The second-order valence-corrected chi connectivity index (χ2v) is 4.19. The van der Waals surface area contributed by atoms with E-state index in [9.17, 15) is 4.79 Å². The van der Waals surface area contributed by atoms with E-state index in [1.54, 1.807) is 0 Å². The van der Waals surface area contributed by atoms with Gasteiger partial charge in [0.1, 0.15) is 0 Å². The van der Waals surface area contributed by atoms with Gasteiger partial charge in [0, 0.05) is 13.0 Å². The van der Waals surface area contributed by atoms with E-state index in [1.165, 1.54) is 0 Å². The highest BCUT2D eigenvalue weighted by molar-refractivity contribution is 5.84. The van der Waals surface area contributed by atoms with Crippen molar-refractivity contribution in [1.29, 1.82) is 0 Å². The molecule has 1 aliphatic heterocycles. The third-order valence-electron chi connectivity index (χ3n) is 3.03. The molecule has 0 aromatic heterocycles. The van der Waals surface area contributed by atoms with Crippen LogP contribution in [-0.2, 0) is 19.7 Å². The minimum atomic E-state index is -0.568. The summed E-state index contributed by atoms with van der Waals surface area (Å²) in [5, 5.41) is 0. The molecule has 1 heterocycles. The number of ether oxygens (including phenoxy) is 2. The van der Waals surface area contributed by atoms with Crippen LogP contribution in [0.5, 0.6) is 0 Å². The average Bonchev–Trinajstić information content (AvgIpc) is 2.57. The first-order chi connectivity index (χ1) is 7.66. The van der Waals surface area contributed by atoms with Crippen molar-refractivity contribution in [3.05, 3.63) is 35.9 Å². The molecule has 0 spiro atoms. The second kappa shape index (κ2) is 4.26. The lowest BCUT2D eigenvalue weighted by molar-refractivity contribution is -0.163. The van der Waals surface area contributed by atoms with Gasteiger partial charge in [-0.2, -0.15) is 0 Å². The molecule has 3 heteroatoms. The summed E-state index contributed by atoms with van der Waals surface area (Å²) in [5.41, 5.74) is 0.420. The summed E-state index contributed by atoms with van der Waals surface area (Å²) < 4.78 is 10.6. The Kier molecular flexibility index (Phi) is 2.97. The minimum absolute atomic E-state index is 0.197. The number of hydrogen-bond acceptors (Lipinski definition) is 3. The highest BCUT2D eigenvalue weighted by Gasteiger charge is 2.46. The zero-order valence-electron chi connectivity index (χ0n) is 9.60. The van der Waals surface area contributed by atoms with Crippen LogP contribution in [0.3, 0.4) is 0 Å². The molecule has 2 rings (SSSR count). The number of carbonyl (C=O) groups is 1. The lowest BCUT2D eigenvalue weighted by Gasteiger charge is -2.18. The van der Waals surface area contributed by atoms with Gasteiger partial charge in [-0.25, -0.2) is 0 Å². The Labute approximate surface area is 95.4 Å². The largest absolute Gasteiger partial charge is 0.435 e. The maximum absolute atomic E-state index is 11.9. The molecule has 2 atom stereocenters. The molecule has 2 unspecified atom stereocenters. The predicted octanol–water partition coefficient (Wildman–Crippen LogP) is 2.25. The lowest BCUT2D eigenvalue weighted by Crippen LogP contribution is -2.27. The summed E-state index contributed by atoms with van der Waals surface area (Å²) in [7, 11) is 0. The lowest BCUT2D eigenvalue weighted by atomic mass is 9.81. The maximum atomic E-state index is 11.9. The number of cyclic esters (lactones) is 1. The van der Waals surface area contributed by atoms with E-state index in [2.05, 4.69) is 0 Å². The molecule has 0 amide bonds. The Bertz CT molecular complexity index is 374. The molecular weight excluding hydrogens is 204 g/mol. The molecule has 16 heavy (non-hydrogen) atoms. The number of benzene rings is 1. The molecule has 86 valence electrons. The molecule has 0 radical (unpaired) electrons. The van der Waals surface area contributed by atoms with Crippen molar-refractivity contribution in [2.45, 2.75) is 32.0 Å². The summed E-state index contributed by atoms with van der Waals surface area (Å²) >= 11 is 0. The van der Waals surface area contributed by atoms with Crippen molar-refractivity contribution in [2.24, 2.45) is 0 Å². The molecule has 1 aliphatic rings. The Morgan fingerprint density at radius 2 is 2.12 bits per heavy atom. The Balaban J connectivity index is 2.23. The van der Waals surface area contributed by atoms with Gasteiger partial charge in [0.2, 0.25) is 6.29 Å². The van der Waals surface area contributed by atoms with Crippen LogP contribution in [0.15, 0.2) is 30.3 Å². The van der Waals surface area contributed by atoms with Crippen LogP contribution in [0.25, 0.3) is 0 Å². The minimum Gasteiger partial charge on any atom is -0.435 e. The SMILES string of the molecule is CCOC1CC(C)(c2ccccc2)C(=O)O1. The molecule has 0 saturated carbocycles. The number of carbonyl (C=O) groups excluding carboxylic acids is 1. The van der Waals surface area contributed by atoms with Crippen LogP contribution in [-0.4, -0.2) is 18.9 Å². The molecule has 3 nitrogen and oxygen atoms in total. The van der Waals surface area contributed by atoms with Crippen LogP contribution < -0.4 is 0 Å². The van der Waals surface area contributed by atoms with E-state index in [0.717, 1.165) is 5.56 Å². The third-order valence-corrected chi connectivity index (χ3v) is 3.03. The Morgan fingerprint density at radius 3 is 2.75 bits per heavy atom. The normalized spacial score (nSPS) is 29.1. The number of esters is 1. The number of hydrogen-bond donors (Lipinski definition) is 0. The van der Waals surface area contributed by atoms with Gasteiger partial charge in [-0.05, 0) is 19.4 Å². The van der Waals surface area contributed by atoms with Crippen molar-refractivity contribution in [3.63, 3.8) is 0 Å². The highest BCUT2D eigenvalue weighted by atomic mass is 16.7. The first-order valence-electron chi connectivity index (χ1n) is 5.55. The topological polar surface area (TPSA) is 35.5 Å². The third kappa shape index (κ3) is 1.83. The summed E-state index contributed by atoms with van der Waals surface area (Å²) in [4.78, 5) is 11.9. The van der Waals surface area contributed by atoms with E-state index in [1.807, 2.05) is 44.2 Å². The van der Waals surface area contributed by atoms with Gasteiger partial charge < -0.3 is 9.47 Å². The monoisotopic (exact) mass is 220 g/mol. The van der Waals surface area contributed by atoms with Gasteiger partial charge >= 0.3 is 5.97 Å². The van der Waals surface area contributed by atoms with Crippen LogP contribution in [0, 0.1) is 0 Å².